The van der Waals surface area contributed by atoms with Crippen molar-refractivity contribution in [3.63, 3.8) is 0 Å². The second kappa shape index (κ2) is 6.78. The van der Waals surface area contributed by atoms with Crippen molar-refractivity contribution in [3.8, 4) is 11.5 Å². The van der Waals surface area contributed by atoms with Gasteiger partial charge in [0.05, 0.1) is 19.3 Å². The third-order valence-electron chi connectivity index (χ3n) is 4.43. The molecule has 1 amide bonds. The summed E-state index contributed by atoms with van der Waals surface area (Å²) in [7, 11) is 1.61. The molecule has 2 aromatic rings. The van der Waals surface area contributed by atoms with Gasteiger partial charge in [0.1, 0.15) is 23.1 Å². The van der Waals surface area contributed by atoms with Crippen LogP contribution < -0.4 is 25.4 Å². The third-order valence-corrected chi connectivity index (χ3v) is 4.43. The van der Waals surface area contributed by atoms with E-state index in [0.29, 0.717) is 12.2 Å². The van der Waals surface area contributed by atoms with Gasteiger partial charge in [0.15, 0.2) is 0 Å². The number of methoxy groups -OCH3 is 1. The Morgan fingerprint density at radius 1 is 1.27 bits per heavy atom. The van der Waals surface area contributed by atoms with Crippen molar-refractivity contribution in [1.29, 1.82) is 0 Å². The second-order valence-corrected chi connectivity index (χ2v) is 7.11. The zero-order chi connectivity index (χ0) is 18.9. The maximum atomic E-state index is 12.8. The van der Waals surface area contributed by atoms with Gasteiger partial charge in [-0.1, -0.05) is 0 Å². The van der Waals surface area contributed by atoms with Crippen LogP contribution in [0.2, 0.25) is 0 Å². The highest BCUT2D eigenvalue weighted by atomic mass is 16.5. The molecule has 0 fully saturated rings. The summed E-state index contributed by atoms with van der Waals surface area (Å²) in [6.45, 7) is 6.48. The molecule has 0 aromatic heterocycles. The van der Waals surface area contributed by atoms with E-state index < -0.39 is 5.60 Å². The Labute approximate surface area is 153 Å². The molecule has 26 heavy (non-hydrogen) atoms. The van der Waals surface area contributed by atoms with E-state index in [1.54, 1.807) is 13.2 Å². The van der Waals surface area contributed by atoms with Gasteiger partial charge >= 0.3 is 0 Å². The molecule has 138 valence electrons. The van der Waals surface area contributed by atoms with Crippen LogP contribution in [-0.4, -0.2) is 31.2 Å². The maximum Gasteiger partial charge on any atom is 0.246 e. The molecule has 0 bridgehead atoms. The largest absolute Gasteiger partial charge is 0.497 e. The molecule has 6 heteroatoms. The molecule has 1 aliphatic rings. The molecule has 6 nitrogen and oxygen atoms in total. The minimum atomic E-state index is -0.405. The first-order chi connectivity index (χ1) is 12.3. The average molecular weight is 355 g/mol. The predicted octanol–water partition coefficient (Wildman–Crippen LogP) is 3.28. The molecule has 1 heterocycles. The maximum absolute atomic E-state index is 12.8. The summed E-state index contributed by atoms with van der Waals surface area (Å²) in [5, 5.41) is 2.95. The van der Waals surface area contributed by atoms with Crippen molar-refractivity contribution in [2.75, 3.05) is 29.6 Å². The van der Waals surface area contributed by atoms with Gasteiger partial charge in [-0.3, -0.25) is 4.79 Å². The van der Waals surface area contributed by atoms with Crippen LogP contribution in [0.1, 0.15) is 20.8 Å². The normalized spacial score (nSPS) is 16.2. The number of carbonyl (C=O) groups is 1. The van der Waals surface area contributed by atoms with Gasteiger partial charge in [-0.25, -0.2) is 0 Å². The van der Waals surface area contributed by atoms with E-state index in [9.17, 15) is 4.79 Å². The highest BCUT2D eigenvalue weighted by Gasteiger charge is 2.36. The van der Waals surface area contributed by atoms with Crippen molar-refractivity contribution < 1.29 is 14.3 Å². The minimum Gasteiger partial charge on any atom is -0.497 e. The van der Waals surface area contributed by atoms with Crippen LogP contribution in [0.5, 0.6) is 11.5 Å². The van der Waals surface area contributed by atoms with Gasteiger partial charge in [0.25, 0.3) is 0 Å². The van der Waals surface area contributed by atoms with Gasteiger partial charge in [0.2, 0.25) is 5.91 Å². The van der Waals surface area contributed by atoms with E-state index in [1.807, 2.05) is 62.1 Å². The van der Waals surface area contributed by atoms with Gasteiger partial charge in [-0.15, -0.1) is 0 Å². The quantitative estimate of drug-likeness (QED) is 0.823. The van der Waals surface area contributed by atoms with Crippen LogP contribution in [0.3, 0.4) is 0 Å². The van der Waals surface area contributed by atoms with Gasteiger partial charge in [-0.2, -0.15) is 0 Å². The fraction of sp³-hybridized carbons (Fsp3) is 0.350. The van der Waals surface area contributed by atoms with E-state index in [0.717, 1.165) is 22.9 Å². The number of nitrogens with two attached hydrogens (primary N) is 1. The fourth-order valence-corrected chi connectivity index (χ4v) is 3.08. The number of hydrogen-bond acceptors (Lipinski definition) is 5. The van der Waals surface area contributed by atoms with Crippen LogP contribution in [0.15, 0.2) is 42.5 Å². The topological polar surface area (TPSA) is 76.8 Å². The number of ether oxygens (including phenoxy) is 2. The van der Waals surface area contributed by atoms with Crippen molar-refractivity contribution in [1.82, 2.24) is 0 Å². The molecule has 1 unspecified atom stereocenters. The summed E-state index contributed by atoms with van der Waals surface area (Å²) >= 11 is 0. The lowest BCUT2D eigenvalue weighted by Crippen LogP contribution is -2.53. The molecule has 3 N–H and O–H groups in total. The number of hydrogen-bond donors (Lipinski definition) is 2. The zero-order valence-electron chi connectivity index (χ0n) is 15.6. The van der Waals surface area contributed by atoms with Crippen LogP contribution >= 0.6 is 0 Å². The van der Waals surface area contributed by atoms with Crippen molar-refractivity contribution >= 4 is 23.0 Å². The smallest absolute Gasteiger partial charge is 0.246 e. The average Bonchev–Trinajstić information content (AvgIpc) is 2.61. The molecular weight excluding hydrogens is 330 g/mol. The van der Waals surface area contributed by atoms with Crippen molar-refractivity contribution in [2.45, 2.75) is 32.4 Å². The molecule has 0 spiro atoms. The van der Waals surface area contributed by atoms with E-state index in [-0.39, 0.29) is 11.9 Å². The van der Waals surface area contributed by atoms with Crippen molar-refractivity contribution in [2.24, 2.45) is 0 Å². The summed E-state index contributed by atoms with van der Waals surface area (Å²) in [4.78, 5) is 14.9. The van der Waals surface area contributed by atoms with Gasteiger partial charge < -0.3 is 25.4 Å². The molecule has 1 atom stereocenters. The number of rotatable bonds is 4. The fourth-order valence-electron chi connectivity index (χ4n) is 3.08. The molecule has 0 saturated heterocycles. The highest BCUT2D eigenvalue weighted by molar-refractivity contribution is 5.97. The van der Waals surface area contributed by atoms with Gasteiger partial charge in [-0.05, 0) is 63.2 Å². The Balaban J connectivity index is 1.82. The van der Waals surface area contributed by atoms with E-state index in [4.69, 9.17) is 15.2 Å². The van der Waals surface area contributed by atoms with Crippen LogP contribution in [0, 0.1) is 0 Å². The zero-order valence-corrected chi connectivity index (χ0v) is 15.6. The molecule has 2 aromatic carbocycles. The first-order valence-corrected chi connectivity index (χ1v) is 8.59. The molecule has 0 aliphatic carbocycles. The molecule has 0 saturated carbocycles. The number of fused-ring (bicyclic) bond motifs is 1. The van der Waals surface area contributed by atoms with E-state index in [1.165, 1.54) is 0 Å². The predicted molar refractivity (Wildman–Crippen MR) is 104 cm³/mol. The Bertz CT molecular complexity index is 802. The lowest BCUT2D eigenvalue weighted by atomic mass is 10.0. The Morgan fingerprint density at radius 2 is 1.96 bits per heavy atom. The van der Waals surface area contributed by atoms with Crippen LogP contribution in [0.4, 0.5) is 17.1 Å². The molecule has 0 radical (unpaired) electrons. The van der Waals surface area contributed by atoms with E-state index >= 15 is 0 Å². The number of amides is 1. The summed E-state index contributed by atoms with van der Waals surface area (Å²) in [5.41, 5.74) is 7.74. The number of carbonyl (C=O) groups excluding carboxylic acids is 1. The standard InChI is InChI=1S/C20H25N3O3/c1-13(19(24)22-15-6-8-16(25-4)9-7-15)23-12-20(2,3)26-18-10-5-14(21)11-17(18)23/h5-11,13H,12,21H2,1-4H3,(H,22,24). The first-order valence-electron chi connectivity index (χ1n) is 8.59. The van der Waals surface area contributed by atoms with E-state index in [2.05, 4.69) is 5.32 Å². The van der Waals surface area contributed by atoms with Crippen LogP contribution in [-0.2, 0) is 4.79 Å². The Hall–Kier alpha value is -2.89. The lowest BCUT2D eigenvalue weighted by Gasteiger charge is -2.43. The number of nitrogens with one attached hydrogen (secondary N) is 1. The third kappa shape index (κ3) is 3.69. The SMILES string of the molecule is COc1ccc(NC(=O)C(C)N2CC(C)(C)Oc3ccc(N)cc32)cc1. The Morgan fingerprint density at radius 3 is 2.62 bits per heavy atom. The Kier molecular flexibility index (Phi) is 4.68. The molecular formula is C20H25N3O3. The summed E-state index contributed by atoms with van der Waals surface area (Å²) in [5.74, 6) is 1.39. The number of nitrogens with zero attached hydrogens (tertiary/aromatic N) is 1. The van der Waals surface area contributed by atoms with Gasteiger partial charge in [0, 0.05) is 11.4 Å². The number of nitrogen functional groups attached to an aromatic ring is 1. The number of benzene rings is 2. The monoisotopic (exact) mass is 355 g/mol. The lowest BCUT2D eigenvalue weighted by molar-refractivity contribution is -0.117. The first kappa shape index (κ1) is 17.9. The second-order valence-electron chi connectivity index (χ2n) is 7.11. The van der Waals surface area contributed by atoms with Crippen molar-refractivity contribution in [3.05, 3.63) is 42.5 Å². The highest BCUT2D eigenvalue weighted by Crippen LogP contribution is 2.39. The summed E-state index contributed by atoms with van der Waals surface area (Å²) in [6.07, 6.45) is 0. The minimum absolute atomic E-state index is 0.0961. The molecule has 3 rings (SSSR count). The van der Waals surface area contributed by atoms with Crippen LogP contribution in [0.25, 0.3) is 0 Å². The summed E-state index contributed by atoms with van der Waals surface area (Å²) < 4.78 is 11.2. The summed E-state index contributed by atoms with van der Waals surface area (Å²) in [6, 6.07) is 12.4. The number of anilines is 3. The molecule has 1 aliphatic heterocycles.